The van der Waals surface area contributed by atoms with Crippen LogP contribution in [0.2, 0.25) is 10.0 Å². The molecule has 2 heterocycles. The first-order chi connectivity index (χ1) is 14.0. The summed E-state index contributed by atoms with van der Waals surface area (Å²) in [6.07, 6.45) is 1.18. The number of amides is 2. The van der Waals surface area contributed by atoms with Crippen molar-refractivity contribution in [2.24, 2.45) is 5.92 Å². The molecule has 2 aliphatic rings. The van der Waals surface area contributed by atoms with E-state index in [4.69, 9.17) is 32.7 Å². The lowest BCUT2D eigenvalue weighted by Gasteiger charge is -2.31. The molecule has 2 aromatic rings. The Kier molecular flexibility index (Phi) is 5.83. The van der Waals surface area contributed by atoms with Crippen molar-refractivity contribution in [3.8, 4) is 11.5 Å². The third-order valence-electron chi connectivity index (χ3n) is 5.13. The first-order valence-electron chi connectivity index (χ1n) is 9.46. The lowest BCUT2D eigenvalue weighted by molar-refractivity contribution is -0.121. The van der Waals surface area contributed by atoms with Crippen LogP contribution in [0.4, 0.5) is 5.69 Å². The number of piperidine rings is 1. The molecule has 0 radical (unpaired) electrons. The van der Waals surface area contributed by atoms with Crippen LogP contribution in [-0.2, 0) is 4.79 Å². The summed E-state index contributed by atoms with van der Waals surface area (Å²) >= 11 is 12.2. The van der Waals surface area contributed by atoms with Crippen molar-refractivity contribution in [3.05, 3.63) is 52.0 Å². The molecule has 0 saturated carbocycles. The zero-order chi connectivity index (χ0) is 20.4. The molecule has 2 aromatic carbocycles. The topological polar surface area (TPSA) is 67.9 Å². The van der Waals surface area contributed by atoms with Gasteiger partial charge in [0.1, 0.15) is 13.2 Å². The lowest BCUT2D eigenvalue weighted by Crippen LogP contribution is -2.41. The number of carbonyl (C=O) groups excluding carboxylic acids is 2. The van der Waals surface area contributed by atoms with E-state index >= 15 is 0 Å². The predicted octanol–water partition coefficient (Wildman–Crippen LogP) is 4.26. The van der Waals surface area contributed by atoms with Crippen molar-refractivity contribution in [1.29, 1.82) is 0 Å². The fraction of sp³-hybridized carbons (Fsp3) is 0.333. The molecule has 1 saturated heterocycles. The molecule has 4 rings (SSSR count). The molecule has 8 heteroatoms. The molecule has 0 spiro atoms. The van der Waals surface area contributed by atoms with Crippen LogP contribution in [-0.4, -0.2) is 43.0 Å². The minimum absolute atomic E-state index is 0.0459. The van der Waals surface area contributed by atoms with Gasteiger partial charge in [-0.05, 0) is 37.1 Å². The maximum Gasteiger partial charge on any atom is 0.253 e. The zero-order valence-corrected chi connectivity index (χ0v) is 17.1. The van der Waals surface area contributed by atoms with E-state index < -0.39 is 0 Å². The second-order valence-electron chi connectivity index (χ2n) is 7.04. The number of likely N-dealkylation sites (tertiary alicyclic amines) is 1. The van der Waals surface area contributed by atoms with E-state index in [1.807, 2.05) is 0 Å². The number of fused-ring (bicyclic) bond motifs is 1. The van der Waals surface area contributed by atoms with Crippen molar-refractivity contribution in [3.63, 3.8) is 0 Å². The van der Waals surface area contributed by atoms with Gasteiger partial charge in [0, 0.05) is 41.7 Å². The monoisotopic (exact) mass is 434 g/mol. The maximum atomic E-state index is 12.7. The van der Waals surface area contributed by atoms with Crippen molar-refractivity contribution in [2.75, 3.05) is 31.6 Å². The fourth-order valence-electron chi connectivity index (χ4n) is 3.51. The fourth-order valence-corrected chi connectivity index (χ4v) is 3.84. The summed E-state index contributed by atoms with van der Waals surface area (Å²) in [7, 11) is 0. The van der Waals surface area contributed by atoms with Crippen LogP contribution < -0.4 is 14.8 Å². The first kappa shape index (κ1) is 19.9. The Bertz CT molecular complexity index is 925. The van der Waals surface area contributed by atoms with Crippen LogP contribution in [0.5, 0.6) is 11.5 Å². The number of hydrogen-bond acceptors (Lipinski definition) is 4. The molecule has 1 fully saturated rings. The van der Waals surface area contributed by atoms with Gasteiger partial charge in [-0.1, -0.05) is 23.2 Å². The van der Waals surface area contributed by atoms with E-state index in [2.05, 4.69) is 5.32 Å². The molecule has 29 heavy (non-hydrogen) atoms. The van der Waals surface area contributed by atoms with E-state index in [-0.39, 0.29) is 17.7 Å². The molecule has 0 unspecified atom stereocenters. The van der Waals surface area contributed by atoms with Crippen LogP contribution in [0.3, 0.4) is 0 Å². The quantitative estimate of drug-likeness (QED) is 0.783. The normalized spacial score (nSPS) is 16.4. The van der Waals surface area contributed by atoms with Gasteiger partial charge < -0.3 is 19.7 Å². The zero-order valence-electron chi connectivity index (χ0n) is 15.6. The van der Waals surface area contributed by atoms with E-state index in [9.17, 15) is 9.59 Å². The Labute approximate surface area is 178 Å². The Morgan fingerprint density at radius 1 is 0.966 bits per heavy atom. The summed E-state index contributed by atoms with van der Waals surface area (Å²) in [4.78, 5) is 27.1. The third kappa shape index (κ3) is 4.43. The van der Waals surface area contributed by atoms with Gasteiger partial charge in [0.2, 0.25) is 5.91 Å². The van der Waals surface area contributed by atoms with E-state index in [1.165, 1.54) is 0 Å². The highest BCUT2D eigenvalue weighted by atomic mass is 35.5. The van der Waals surface area contributed by atoms with Crippen LogP contribution in [0.25, 0.3) is 0 Å². The van der Waals surface area contributed by atoms with Gasteiger partial charge in [-0.2, -0.15) is 0 Å². The number of nitrogens with one attached hydrogen (secondary N) is 1. The lowest BCUT2D eigenvalue weighted by atomic mass is 9.95. The van der Waals surface area contributed by atoms with Crippen LogP contribution in [0.15, 0.2) is 36.4 Å². The molecule has 2 amide bonds. The van der Waals surface area contributed by atoms with Gasteiger partial charge in [-0.15, -0.1) is 0 Å². The van der Waals surface area contributed by atoms with Crippen molar-refractivity contribution in [1.82, 2.24) is 4.90 Å². The van der Waals surface area contributed by atoms with Crippen LogP contribution in [0, 0.1) is 5.92 Å². The van der Waals surface area contributed by atoms with Crippen molar-refractivity contribution in [2.45, 2.75) is 12.8 Å². The van der Waals surface area contributed by atoms with Crippen molar-refractivity contribution >= 4 is 40.7 Å². The number of halogens is 2. The predicted molar refractivity (Wildman–Crippen MR) is 111 cm³/mol. The van der Waals surface area contributed by atoms with Crippen LogP contribution >= 0.6 is 23.2 Å². The summed E-state index contributed by atoms with van der Waals surface area (Å²) in [5.74, 6) is 0.804. The summed E-state index contributed by atoms with van der Waals surface area (Å²) < 4.78 is 11.0. The Morgan fingerprint density at radius 3 is 2.24 bits per heavy atom. The summed E-state index contributed by atoms with van der Waals surface area (Å²) in [5, 5.41) is 3.88. The third-order valence-corrected chi connectivity index (χ3v) is 5.70. The number of benzene rings is 2. The highest BCUT2D eigenvalue weighted by Gasteiger charge is 2.28. The average molecular weight is 435 g/mol. The molecule has 1 N–H and O–H groups in total. The molecule has 0 aromatic heterocycles. The van der Waals surface area contributed by atoms with Crippen molar-refractivity contribution < 1.29 is 19.1 Å². The SMILES string of the molecule is O=C(Nc1cc2c(cc1Cl)OCCO2)C1CCN(C(=O)c2ccc(Cl)cc2)CC1. The Balaban J connectivity index is 1.36. The van der Waals surface area contributed by atoms with Gasteiger partial charge >= 0.3 is 0 Å². The number of rotatable bonds is 3. The second kappa shape index (κ2) is 8.51. The second-order valence-corrected chi connectivity index (χ2v) is 7.88. The maximum absolute atomic E-state index is 12.7. The van der Waals surface area contributed by atoms with Gasteiger partial charge in [-0.3, -0.25) is 9.59 Å². The van der Waals surface area contributed by atoms with Gasteiger partial charge in [0.25, 0.3) is 5.91 Å². The van der Waals surface area contributed by atoms with Gasteiger partial charge in [0.15, 0.2) is 11.5 Å². The minimum atomic E-state index is -0.187. The standard InChI is InChI=1S/C21H20Cl2N2O4/c22-15-3-1-14(2-4-15)21(27)25-7-5-13(6-8-25)20(26)24-17-12-19-18(11-16(17)23)28-9-10-29-19/h1-4,11-13H,5-10H2,(H,24,26). The van der Waals surface area contributed by atoms with E-state index in [0.29, 0.717) is 71.9 Å². The summed E-state index contributed by atoms with van der Waals surface area (Å²) in [5.41, 5.74) is 1.10. The molecule has 2 aliphatic heterocycles. The largest absolute Gasteiger partial charge is 0.486 e. The number of ether oxygens (including phenoxy) is 2. The molecule has 6 nitrogen and oxygen atoms in total. The summed E-state index contributed by atoms with van der Waals surface area (Å²) in [6.45, 7) is 1.98. The summed E-state index contributed by atoms with van der Waals surface area (Å²) in [6, 6.07) is 10.2. The molecule has 0 atom stereocenters. The average Bonchev–Trinajstić information content (AvgIpc) is 2.74. The molecule has 0 bridgehead atoms. The highest BCUT2D eigenvalue weighted by molar-refractivity contribution is 6.34. The Morgan fingerprint density at radius 2 is 1.59 bits per heavy atom. The first-order valence-corrected chi connectivity index (χ1v) is 10.2. The molecule has 0 aliphatic carbocycles. The van der Waals surface area contributed by atoms with E-state index in [1.54, 1.807) is 41.3 Å². The van der Waals surface area contributed by atoms with Crippen LogP contribution in [0.1, 0.15) is 23.2 Å². The minimum Gasteiger partial charge on any atom is -0.486 e. The Hall–Kier alpha value is -2.44. The number of hydrogen-bond donors (Lipinski definition) is 1. The van der Waals surface area contributed by atoms with Gasteiger partial charge in [-0.25, -0.2) is 0 Å². The smallest absolute Gasteiger partial charge is 0.253 e. The number of carbonyl (C=O) groups is 2. The van der Waals surface area contributed by atoms with Gasteiger partial charge in [0.05, 0.1) is 10.7 Å². The molecular weight excluding hydrogens is 415 g/mol. The highest BCUT2D eigenvalue weighted by Crippen LogP contribution is 2.38. The van der Waals surface area contributed by atoms with E-state index in [0.717, 1.165) is 0 Å². The number of anilines is 1. The molecule has 152 valence electrons. The number of nitrogens with zero attached hydrogens (tertiary/aromatic N) is 1. The molecular formula is C21H20Cl2N2O4.